The van der Waals surface area contributed by atoms with Crippen molar-refractivity contribution in [3.05, 3.63) is 54.2 Å². The summed E-state index contributed by atoms with van der Waals surface area (Å²) in [6.07, 6.45) is 1.69. The minimum Gasteiger partial charge on any atom is -0.355 e. The fraction of sp³-hybridized carbons (Fsp3) is 0.294. The van der Waals surface area contributed by atoms with Crippen LogP contribution in [0.15, 0.2) is 48.7 Å². The van der Waals surface area contributed by atoms with Crippen molar-refractivity contribution in [3.8, 4) is 0 Å². The third kappa shape index (κ3) is 4.31. The minimum absolute atomic E-state index is 0.00203. The average molecular weight is 283 g/mol. The Hall–Kier alpha value is -2.36. The Morgan fingerprint density at radius 1 is 1.19 bits per heavy atom. The molecule has 0 aliphatic heterocycles. The third-order valence-corrected chi connectivity index (χ3v) is 3.19. The van der Waals surface area contributed by atoms with Gasteiger partial charge in [-0.25, -0.2) is 4.98 Å². The van der Waals surface area contributed by atoms with Crippen molar-refractivity contribution in [2.45, 2.75) is 20.4 Å². The van der Waals surface area contributed by atoms with Crippen LogP contribution in [-0.4, -0.2) is 17.9 Å². The van der Waals surface area contributed by atoms with E-state index in [1.54, 1.807) is 6.20 Å². The summed E-state index contributed by atoms with van der Waals surface area (Å²) >= 11 is 0. The summed E-state index contributed by atoms with van der Waals surface area (Å²) in [6, 6.07) is 14.0. The van der Waals surface area contributed by atoms with Crippen LogP contribution in [0.1, 0.15) is 19.4 Å². The zero-order valence-corrected chi connectivity index (χ0v) is 12.7. The molecule has 0 unspecified atom stereocenters. The van der Waals surface area contributed by atoms with Crippen LogP contribution < -0.4 is 10.2 Å². The zero-order chi connectivity index (χ0) is 15.2. The Bertz CT molecular complexity index is 579. The highest BCUT2D eigenvalue weighted by Gasteiger charge is 2.08. The Morgan fingerprint density at radius 2 is 1.90 bits per heavy atom. The van der Waals surface area contributed by atoms with Gasteiger partial charge in [0.25, 0.3) is 0 Å². The van der Waals surface area contributed by atoms with E-state index in [9.17, 15) is 4.79 Å². The van der Waals surface area contributed by atoms with Crippen LogP contribution >= 0.6 is 0 Å². The first-order valence-electron chi connectivity index (χ1n) is 7.08. The van der Waals surface area contributed by atoms with E-state index in [0.29, 0.717) is 0 Å². The van der Waals surface area contributed by atoms with E-state index in [4.69, 9.17) is 0 Å². The lowest BCUT2D eigenvalue weighted by atomic mass is 10.2. The summed E-state index contributed by atoms with van der Waals surface area (Å²) in [7, 11) is 2.00. The number of nitrogens with zero attached hydrogens (tertiary/aromatic N) is 2. The fourth-order valence-corrected chi connectivity index (χ4v) is 1.91. The molecule has 1 heterocycles. The second-order valence-electron chi connectivity index (χ2n) is 5.39. The van der Waals surface area contributed by atoms with E-state index in [-0.39, 0.29) is 11.8 Å². The molecule has 0 atom stereocenters. The van der Waals surface area contributed by atoms with Gasteiger partial charge in [-0.3, -0.25) is 4.79 Å². The van der Waals surface area contributed by atoms with Gasteiger partial charge in [-0.05, 0) is 17.7 Å². The highest BCUT2D eigenvalue weighted by molar-refractivity contribution is 5.91. The topological polar surface area (TPSA) is 45.2 Å². The molecule has 1 N–H and O–H groups in total. The number of benzene rings is 1. The first-order chi connectivity index (χ1) is 10.1. The lowest BCUT2D eigenvalue weighted by Crippen LogP contribution is -2.19. The summed E-state index contributed by atoms with van der Waals surface area (Å²) in [5, 5.41) is 2.84. The van der Waals surface area contributed by atoms with Crippen LogP contribution in [0.2, 0.25) is 0 Å². The van der Waals surface area contributed by atoms with Crippen LogP contribution in [0.4, 0.5) is 11.5 Å². The van der Waals surface area contributed by atoms with Crippen LogP contribution in [0.3, 0.4) is 0 Å². The van der Waals surface area contributed by atoms with E-state index < -0.39 is 0 Å². The highest BCUT2D eigenvalue weighted by atomic mass is 16.1. The van der Waals surface area contributed by atoms with Gasteiger partial charge in [0.2, 0.25) is 5.91 Å². The van der Waals surface area contributed by atoms with Gasteiger partial charge in [0.05, 0.1) is 11.9 Å². The summed E-state index contributed by atoms with van der Waals surface area (Å²) < 4.78 is 0. The summed E-state index contributed by atoms with van der Waals surface area (Å²) in [6.45, 7) is 4.53. The van der Waals surface area contributed by atoms with Gasteiger partial charge >= 0.3 is 0 Å². The SMILES string of the molecule is CC(C)C(=O)Nc1ccc(N(C)Cc2ccccc2)nc1. The van der Waals surface area contributed by atoms with Gasteiger partial charge < -0.3 is 10.2 Å². The molecule has 1 aromatic heterocycles. The van der Waals surface area contributed by atoms with E-state index in [2.05, 4.69) is 27.3 Å². The molecule has 0 spiro atoms. The van der Waals surface area contributed by atoms with Gasteiger partial charge in [-0.15, -0.1) is 0 Å². The number of anilines is 2. The predicted molar refractivity (Wildman–Crippen MR) is 86.3 cm³/mol. The van der Waals surface area contributed by atoms with E-state index in [1.165, 1.54) is 5.56 Å². The number of pyridine rings is 1. The molecule has 21 heavy (non-hydrogen) atoms. The average Bonchev–Trinajstić information content (AvgIpc) is 2.48. The molecule has 2 aromatic rings. The number of hydrogen-bond donors (Lipinski definition) is 1. The quantitative estimate of drug-likeness (QED) is 0.915. The molecule has 0 aliphatic rings. The zero-order valence-electron chi connectivity index (χ0n) is 12.7. The lowest BCUT2D eigenvalue weighted by molar-refractivity contribution is -0.118. The molecular formula is C17H21N3O. The molecule has 0 fully saturated rings. The van der Waals surface area contributed by atoms with Crippen molar-refractivity contribution >= 4 is 17.4 Å². The van der Waals surface area contributed by atoms with Crippen LogP contribution in [0.5, 0.6) is 0 Å². The maximum Gasteiger partial charge on any atom is 0.226 e. The molecule has 0 radical (unpaired) electrons. The number of carbonyl (C=O) groups is 1. The number of nitrogens with one attached hydrogen (secondary N) is 1. The Morgan fingerprint density at radius 3 is 2.48 bits per heavy atom. The van der Waals surface area contributed by atoms with Gasteiger partial charge in [0.1, 0.15) is 5.82 Å². The van der Waals surface area contributed by atoms with E-state index in [0.717, 1.165) is 18.1 Å². The van der Waals surface area contributed by atoms with Crippen molar-refractivity contribution in [2.75, 3.05) is 17.3 Å². The maximum atomic E-state index is 11.6. The first kappa shape index (κ1) is 15.0. The summed E-state index contributed by atoms with van der Waals surface area (Å²) in [5.74, 6) is 0.842. The van der Waals surface area contributed by atoms with Gasteiger partial charge in [-0.1, -0.05) is 44.2 Å². The molecule has 2 rings (SSSR count). The second kappa shape index (κ2) is 6.88. The highest BCUT2D eigenvalue weighted by Crippen LogP contribution is 2.15. The smallest absolute Gasteiger partial charge is 0.226 e. The van der Waals surface area contributed by atoms with Gasteiger partial charge in [0.15, 0.2) is 0 Å². The number of aromatic nitrogens is 1. The molecule has 110 valence electrons. The van der Waals surface area contributed by atoms with Crippen molar-refractivity contribution < 1.29 is 4.79 Å². The Balaban J connectivity index is 2.00. The Kier molecular flexibility index (Phi) is 4.93. The largest absolute Gasteiger partial charge is 0.355 e. The number of carbonyl (C=O) groups excluding carboxylic acids is 1. The number of amides is 1. The molecular weight excluding hydrogens is 262 g/mol. The van der Waals surface area contributed by atoms with Crippen molar-refractivity contribution in [3.63, 3.8) is 0 Å². The molecule has 4 nitrogen and oxygen atoms in total. The number of rotatable bonds is 5. The van der Waals surface area contributed by atoms with Gasteiger partial charge in [0, 0.05) is 19.5 Å². The molecule has 0 bridgehead atoms. The van der Waals surface area contributed by atoms with Crippen molar-refractivity contribution in [2.24, 2.45) is 5.92 Å². The van der Waals surface area contributed by atoms with E-state index in [1.807, 2.05) is 51.2 Å². The fourth-order valence-electron chi connectivity index (χ4n) is 1.91. The monoisotopic (exact) mass is 283 g/mol. The second-order valence-corrected chi connectivity index (χ2v) is 5.39. The van der Waals surface area contributed by atoms with E-state index >= 15 is 0 Å². The third-order valence-electron chi connectivity index (χ3n) is 3.19. The molecule has 0 saturated heterocycles. The molecule has 0 aliphatic carbocycles. The number of hydrogen-bond acceptors (Lipinski definition) is 3. The van der Waals surface area contributed by atoms with Gasteiger partial charge in [-0.2, -0.15) is 0 Å². The molecule has 1 aromatic carbocycles. The summed E-state index contributed by atoms with van der Waals surface area (Å²) in [4.78, 5) is 18.1. The summed E-state index contributed by atoms with van der Waals surface area (Å²) in [5.41, 5.74) is 1.96. The normalized spacial score (nSPS) is 10.5. The first-order valence-corrected chi connectivity index (χ1v) is 7.08. The maximum absolute atomic E-state index is 11.6. The lowest BCUT2D eigenvalue weighted by Gasteiger charge is -2.18. The van der Waals surface area contributed by atoms with Crippen LogP contribution in [-0.2, 0) is 11.3 Å². The Labute approximate surface area is 125 Å². The molecule has 1 amide bonds. The molecule has 4 heteroatoms. The minimum atomic E-state index is -0.0366. The molecule has 0 saturated carbocycles. The predicted octanol–water partition coefficient (Wildman–Crippen LogP) is 3.31. The van der Waals surface area contributed by atoms with Crippen molar-refractivity contribution in [1.82, 2.24) is 4.98 Å². The standard InChI is InChI=1S/C17H21N3O/c1-13(2)17(21)19-15-9-10-16(18-11-15)20(3)12-14-7-5-4-6-8-14/h4-11,13H,12H2,1-3H3,(H,19,21). The van der Waals surface area contributed by atoms with Crippen molar-refractivity contribution in [1.29, 1.82) is 0 Å². The van der Waals surface area contributed by atoms with Crippen LogP contribution in [0.25, 0.3) is 0 Å². The van der Waals surface area contributed by atoms with Crippen LogP contribution in [0, 0.1) is 5.92 Å².